The molecule has 1 aromatic carbocycles. The van der Waals surface area contributed by atoms with Gasteiger partial charge in [-0.15, -0.1) is 0 Å². The number of aromatic nitrogens is 4. The number of benzene rings is 1. The van der Waals surface area contributed by atoms with Crippen molar-refractivity contribution in [1.29, 1.82) is 0 Å². The summed E-state index contributed by atoms with van der Waals surface area (Å²) in [4.78, 5) is 12.3. The molecule has 27 heavy (non-hydrogen) atoms. The summed E-state index contributed by atoms with van der Waals surface area (Å²) in [5.41, 5.74) is 1.28. The molecular formula is C19H23N5O3. The van der Waals surface area contributed by atoms with E-state index >= 15 is 0 Å². The van der Waals surface area contributed by atoms with E-state index in [0.717, 1.165) is 5.56 Å². The van der Waals surface area contributed by atoms with Crippen molar-refractivity contribution >= 4 is 5.91 Å². The highest BCUT2D eigenvalue weighted by atomic mass is 16.5. The van der Waals surface area contributed by atoms with Crippen LogP contribution in [0.15, 0.2) is 48.9 Å². The van der Waals surface area contributed by atoms with Gasteiger partial charge >= 0.3 is 0 Å². The Hall–Kier alpha value is -3.29. The third-order valence-electron chi connectivity index (χ3n) is 3.78. The summed E-state index contributed by atoms with van der Waals surface area (Å²) >= 11 is 0. The van der Waals surface area contributed by atoms with Gasteiger partial charge in [-0.25, -0.2) is 0 Å². The highest BCUT2D eigenvalue weighted by Crippen LogP contribution is 2.28. The Morgan fingerprint density at radius 2 is 1.89 bits per heavy atom. The van der Waals surface area contributed by atoms with Gasteiger partial charge in [-0.3, -0.25) is 14.2 Å². The van der Waals surface area contributed by atoms with E-state index < -0.39 is 0 Å². The summed E-state index contributed by atoms with van der Waals surface area (Å²) in [6.45, 7) is 5.79. The SMILES string of the molecule is CCOc1ccc(CNC(=O)c2ccn(Cn3cccn3)n2)cc1OCC. The minimum atomic E-state index is -0.235. The van der Waals surface area contributed by atoms with Crippen molar-refractivity contribution in [3.63, 3.8) is 0 Å². The lowest BCUT2D eigenvalue weighted by Crippen LogP contribution is -2.23. The molecule has 1 amide bonds. The van der Waals surface area contributed by atoms with E-state index in [9.17, 15) is 4.79 Å². The van der Waals surface area contributed by atoms with Gasteiger partial charge in [-0.05, 0) is 43.7 Å². The number of hydrogen-bond donors (Lipinski definition) is 1. The van der Waals surface area contributed by atoms with E-state index in [-0.39, 0.29) is 5.91 Å². The van der Waals surface area contributed by atoms with Gasteiger partial charge in [0.1, 0.15) is 12.4 Å². The van der Waals surface area contributed by atoms with Crippen LogP contribution in [0.1, 0.15) is 29.9 Å². The molecule has 0 spiro atoms. The number of rotatable bonds is 9. The number of carbonyl (C=O) groups is 1. The zero-order chi connectivity index (χ0) is 19.1. The van der Waals surface area contributed by atoms with E-state index in [4.69, 9.17) is 9.47 Å². The summed E-state index contributed by atoms with van der Waals surface area (Å²) < 4.78 is 14.6. The zero-order valence-electron chi connectivity index (χ0n) is 15.5. The van der Waals surface area contributed by atoms with Gasteiger partial charge in [0.25, 0.3) is 5.91 Å². The van der Waals surface area contributed by atoms with Crippen LogP contribution in [0.5, 0.6) is 11.5 Å². The Bertz CT molecular complexity index is 873. The monoisotopic (exact) mass is 369 g/mol. The molecule has 8 heteroatoms. The maximum atomic E-state index is 12.3. The Balaban J connectivity index is 1.60. The van der Waals surface area contributed by atoms with Gasteiger partial charge in [0, 0.05) is 25.1 Å². The van der Waals surface area contributed by atoms with Crippen molar-refractivity contribution in [2.75, 3.05) is 13.2 Å². The first-order valence-electron chi connectivity index (χ1n) is 8.87. The van der Waals surface area contributed by atoms with Crippen LogP contribution in [0.25, 0.3) is 0 Å². The first kappa shape index (κ1) is 18.5. The standard InChI is InChI=1S/C19H23N5O3/c1-3-26-17-7-6-15(12-18(17)27-4-2)13-20-19(25)16-8-11-24(22-16)14-23-10-5-9-21-23/h5-12H,3-4,13-14H2,1-2H3,(H,20,25). The van der Waals surface area contributed by atoms with Crippen molar-refractivity contribution < 1.29 is 14.3 Å². The van der Waals surface area contributed by atoms with Crippen LogP contribution in [0.3, 0.4) is 0 Å². The predicted octanol–water partition coefficient (Wildman–Crippen LogP) is 2.31. The van der Waals surface area contributed by atoms with Gasteiger partial charge in [0.05, 0.1) is 13.2 Å². The first-order valence-corrected chi connectivity index (χ1v) is 8.87. The van der Waals surface area contributed by atoms with Crippen molar-refractivity contribution in [1.82, 2.24) is 24.9 Å². The van der Waals surface area contributed by atoms with Crippen LogP contribution >= 0.6 is 0 Å². The molecule has 0 fully saturated rings. The number of amides is 1. The lowest BCUT2D eigenvalue weighted by Gasteiger charge is -2.12. The lowest BCUT2D eigenvalue weighted by molar-refractivity contribution is 0.0945. The van der Waals surface area contributed by atoms with E-state index in [1.807, 2.05) is 44.3 Å². The number of nitrogens with one attached hydrogen (secondary N) is 1. The zero-order valence-corrected chi connectivity index (χ0v) is 15.5. The van der Waals surface area contributed by atoms with Crippen molar-refractivity contribution in [3.8, 4) is 11.5 Å². The van der Waals surface area contributed by atoms with E-state index in [1.54, 1.807) is 27.8 Å². The molecule has 0 aliphatic heterocycles. The first-order chi connectivity index (χ1) is 13.2. The minimum absolute atomic E-state index is 0.235. The number of carbonyl (C=O) groups excluding carboxylic acids is 1. The van der Waals surface area contributed by atoms with Crippen LogP contribution in [-0.2, 0) is 13.2 Å². The molecule has 0 aliphatic rings. The molecule has 0 radical (unpaired) electrons. The Morgan fingerprint density at radius 3 is 2.63 bits per heavy atom. The molecule has 142 valence electrons. The lowest BCUT2D eigenvalue weighted by atomic mass is 10.2. The van der Waals surface area contributed by atoms with Crippen molar-refractivity contribution in [2.24, 2.45) is 0 Å². The fourth-order valence-electron chi connectivity index (χ4n) is 2.57. The van der Waals surface area contributed by atoms with E-state index in [1.165, 1.54) is 0 Å². The van der Waals surface area contributed by atoms with Crippen molar-refractivity contribution in [2.45, 2.75) is 27.1 Å². The molecule has 0 saturated heterocycles. The molecule has 0 bridgehead atoms. The number of hydrogen-bond acceptors (Lipinski definition) is 5. The second-order valence-corrected chi connectivity index (χ2v) is 5.76. The highest BCUT2D eigenvalue weighted by Gasteiger charge is 2.11. The van der Waals surface area contributed by atoms with E-state index in [0.29, 0.717) is 43.6 Å². The molecular weight excluding hydrogens is 346 g/mol. The Morgan fingerprint density at radius 1 is 1.07 bits per heavy atom. The maximum absolute atomic E-state index is 12.3. The van der Waals surface area contributed by atoms with Crippen LogP contribution < -0.4 is 14.8 Å². The molecule has 0 atom stereocenters. The molecule has 0 saturated carbocycles. The largest absolute Gasteiger partial charge is 0.490 e. The van der Waals surface area contributed by atoms with Crippen LogP contribution in [0.4, 0.5) is 0 Å². The third kappa shape index (κ3) is 4.87. The van der Waals surface area contributed by atoms with E-state index in [2.05, 4.69) is 15.5 Å². The topological polar surface area (TPSA) is 83.2 Å². The molecule has 2 heterocycles. The summed E-state index contributed by atoms with van der Waals surface area (Å²) in [6.07, 6.45) is 5.29. The highest BCUT2D eigenvalue weighted by molar-refractivity contribution is 5.92. The maximum Gasteiger partial charge on any atom is 0.272 e. The van der Waals surface area contributed by atoms with Gasteiger partial charge in [-0.1, -0.05) is 6.07 Å². The fraction of sp³-hybridized carbons (Fsp3) is 0.316. The summed E-state index contributed by atoms with van der Waals surface area (Å²) in [5.74, 6) is 1.14. The molecule has 8 nitrogen and oxygen atoms in total. The Labute approximate surface area is 157 Å². The normalized spacial score (nSPS) is 10.6. The minimum Gasteiger partial charge on any atom is -0.490 e. The van der Waals surface area contributed by atoms with Gasteiger partial charge in [0.15, 0.2) is 11.5 Å². The second-order valence-electron chi connectivity index (χ2n) is 5.76. The summed E-state index contributed by atoms with van der Waals surface area (Å²) in [5, 5.41) is 11.3. The fourth-order valence-corrected chi connectivity index (χ4v) is 2.57. The molecule has 2 aromatic heterocycles. The van der Waals surface area contributed by atoms with Crippen molar-refractivity contribution in [3.05, 3.63) is 60.2 Å². The smallest absolute Gasteiger partial charge is 0.272 e. The average molecular weight is 369 g/mol. The molecule has 0 unspecified atom stereocenters. The summed E-state index contributed by atoms with van der Waals surface area (Å²) in [6, 6.07) is 9.16. The van der Waals surface area contributed by atoms with Gasteiger partial charge in [-0.2, -0.15) is 10.2 Å². The molecule has 1 N–H and O–H groups in total. The van der Waals surface area contributed by atoms with Gasteiger partial charge < -0.3 is 14.8 Å². The molecule has 3 aromatic rings. The van der Waals surface area contributed by atoms with Crippen LogP contribution in [0.2, 0.25) is 0 Å². The quantitative estimate of drug-likeness (QED) is 0.626. The predicted molar refractivity (Wildman–Crippen MR) is 99.8 cm³/mol. The van der Waals surface area contributed by atoms with Crippen LogP contribution in [0, 0.1) is 0 Å². The molecule has 0 aliphatic carbocycles. The third-order valence-corrected chi connectivity index (χ3v) is 3.78. The average Bonchev–Trinajstić information content (AvgIpc) is 3.34. The molecule has 3 rings (SSSR count). The van der Waals surface area contributed by atoms with Crippen LogP contribution in [-0.4, -0.2) is 38.7 Å². The summed E-state index contributed by atoms with van der Waals surface area (Å²) in [7, 11) is 0. The van der Waals surface area contributed by atoms with Gasteiger partial charge in [0.2, 0.25) is 0 Å². The number of ether oxygens (including phenoxy) is 2. The number of nitrogens with zero attached hydrogens (tertiary/aromatic N) is 4. The Kier molecular flexibility index (Phi) is 6.09. The second kappa shape index (κ2) is 8.88.